The Morgan fingerprint density at radius 3 is 2.17 bits per heavy atom. The van der Waals surface area contributed by atoms with Crippen molar-refractivity contribution in [2.75, 3.05) is 32.8 Å². The van der Waals surface area contributed by atoms with Crippen molar-refractivity contribution in [2.45, 2.75) is 6.42 Å². The standard InChI is InChI=1S/C20H23NO2.ClH/c22-20(18-9-5-2-6-10-18)19(15-17-7-3-1-4-8-17)16-21-11-13-23-14-12-21;/h1-10,19H,11-16H2;1H. The van der Waals surface area contributed by atoms with Crippen LogP contribution in [0.15, 0.2) is 60.7 Å². The van der Waals surface area contributed by atoms with Crippen molar-refractivity contribution in [1.29, 1.82) is 0 Å². The van der Waals surface area contributed by atoms with Crippen molar-refractivity contribution in [3.05, 3.63) is 71.8 Å². The largest absolute Gasteiger partial charge is 0.379 e. The van der Waals surface area contributed by atoms with E-state index in [4.69, 9.17) is 4.74 Å². The van der Waals surface area contributed by atoms with Crippen molar-refractivity contribution in [3.63, 3.8) is 0 Å². The molecular formula is C20H24ClNO2. The molecule has 0 aromatic heterocycles. The first-order valence-electron chi connectivity index (χ1n) is 8.26. The van der Waals surface area contributed by atoms with Gasteiger partial charge in [-0.05, 0) is 12.0 Å². The summed E-state index contributed by atoms with van der Waals surface area (Å²) in [4.78, 5) is 15.3. The second kappa shape index (κ2) is 9.58. The van der Waals surface area contributed by atoms with Crippen molar-refractivity contribution < 1.29 is 9.53 Å². The highest BCUT2D eigenvalue weighted by molar-refractivity contribution is 5.98. The monoisotopic (exact) mass is 345 g/mol. The number of carbonyl (C=O) groups excluding carboxylic acids is 1. The summed E-state index contributed by atoms with van der Waals surface area (Å²) in [5.74, 6) is 0.221. The summed E-state index contributed by atoms with van der Waals surface area (Å²) < 4.78 is 5.42. The Labute approximate surface area is 150 Å². The lowest BCUT2D eigenvalue weighted by Gasteiger charge is -2.30. The number of Topliss-reactive ketones (excluding diaryl/α,β-unsaturated/α-hetero) is 1. The van der Waals surface area contributed by atoms with E-state index in [0.717, 1.165) is 44.8 Å². The lowest BCUT2D eigenvalue weighted by Crippen LogP contribution is -2.41. The van der Waals surface area contributed by atoms with E-state index in [1.807, 2.05) is 48.5 Å². The molecule has 1 aliphatic heterocycles. The molecule has 1 saturated heterocycles. The average molecular weight is 346 g/mol. The van der Waals surface area contributed by atoms with Gasteiger partial charge in [-0.15, -0.1) is 12.4 Å². The first-order valence-corrected chi connectivity index (χ1v) is 8.26. The highest BCUT2D eigenvalue weighted by Gasteiger charge is 2.24. The molecule has 0 radical (unpaired) electrons. The smallest absolute Gasteiger partial charge is 0.167 e. The fourth-order valence-electron chi connectivity index (χ4n) is 3.07. The molecule has 1 heterocycles. The SMILES string of the molecule is Cl.O=C(c1ccccc1)C(Cc1ccccc1)CN1CCOCC1. The van der Waals surface area contributed by atoms with Crippen LogP contribution < -0.4 is 0 Å². The number of ether oxygens (including phenoxy) is 1. The van der Waals surface area contributed by atoms with Gasteiger partial charge in [0.1, 0.15) is 0 Å². The molecule has 3 rings (SSSR count). The number of benzene rings is 2. The Morgan fingerprint density at radius 2 is 1.54 bits per heavy atom. The van der Waals surface area contributed by atoms with Gasteiger partial charge in [0.15, 0.2) is 5.78 Å². The van der Waals surface area contributed by atoms with Crippen LogP contribution in [0.2, 0.25) is 0 Å². The number of ketones is 1. The molecule has 3 nitrogen and oxygen atoms in total. The molecule has 0 spiro atoms. The lowest BCUT2D eigenvalue weighted by molar-refractivity contribution is 0.0301. The van der Waals surface area contributed by atoms with Crippen LogP contribution in [0.25, 0.3) is 0 Å². The predicted octanol–water partition coefficient (Wildman–Crippen LogP) is 3.48. The van der Waals surface area contributed by atoms with E-state index in [1.54, 1.807) is 0 Å². The zero-order chi connectivity index (χ0) is 15.9. The summed E-state index contributed by atoms with van der Waals surface area (Å²) in [6, 6.07) is 19.9. The van der Waals surface area contributed by atoms with E-state index in [9.17, 15) is 4.79 Å². The summed E-state index contributed by atoms with van der Waals surface area (Å²) in [5, 5.41) is 0. The maximum atomic E-state index is 13.0. The molecule has 1 unspecified atom stereocenters. The molecule has 4 heteroatoms. The van der Waals surface area contributed by atoms with Crippen LogP contribution >= 0.6 is 12.4 Å². The maximum absolute atomic E-state index is 13.0. The highest BCUT2D eigenvalue weighted by atomic mass is 35.5. The first-order chi connectivity index (χ1) is 11.3. The molecule has 2 aromatic rings. The Morgan fingerprint density at radius 1 is 0.958 bits per heavy atom. The molecular weight excluding hydrogens is 322 g/mol. The van der Waals surface area contributed by atoms with Gasteiger partial charge in [-0.3, -0.25) is 9.69 Å². The molecule has 0 N–H and O–H groups in total. The lowest BCUT2D eigenvalue weighted by atomic mass is 9.90. The first kappa shape index (κ1) is 18.7. The van der Waals surface area contributed by atoms with Gasteiger partial charge >= 0.3 is 0 Å². The molecule has 1 fully saturated rings. The van der Waals surface area contributed by atoms with Crippen LogP contribution in [-0.2, 0) is 11.2 Å². The zero-order valence-corrected chi connectivity index (χ0v) is 14.6. The van der Waals surface area contributed by atoms with Gasteiger partial charge in [0.05, 0.1) is 13.2 Å². The van der Waals surface area contributed by atoms with Crippen LogP contribution in [-0.4, -0.2) is 43.5 Å². The normalized spacial score (nSPS) is 16.2. The summed E-state index contributed by atoms with van der Waals surface area (Å²) in [6.07, 6.45) is 0.784. The molecule has 0 bridgehead atoms. The third kappa shape index (κ3) is 5.17. The number of halogens is 1. The Bertz CT molecular complexity index is 612. The molecule has 0 amide bonds. The number of hydrogen-bond acceptors (Lipinski definition) is 3. The summed E-state index contributed by atoms with van der Waals surface area (Å²) >= 11 is 0. The topological polar surface area (TPSA) is 29.5 Å². The van der Waals surface area contributed by atoms with Crippen molar-refractivity contribution in [1.82, 2.24) is 4.90 Å². The minimum absolute atomic E-state index is 0. The molecule has 0 aliphatic carbocycles. The van der Waals surface area contributed by atoms with E-state index < -0.39 is 0 Å². The molecule has 2 aromatic carbocycles. The van der Waals surface area contributed by atoms with Crippen molar-refractivity contribution >= 4 is 18.2 Å². The molecule has 24 heavy (non-hydrogen) atoms. The third-order valence-corrected chi connectivity index (χ3v) is 4.34. The minimum Gasteiger partial charge on any atom is -0.379 e. The number of morpholine rings is 1. The van der Waals surface area contributed by atoms with E-state index in [1.165, 1.54) is 5.56 Å². The van der Waals surface area contributed by atoms with E-state index in [-0.39, 0.29) is 24.1 Å². The average Bonchev–Trinajstić information content (AvgIpc) is 2.63. The predicted molar refractivity (Wildman–Crippen MR) is 98.9 cm³/mol. The third-order valence-electron chi connectivity index (χ3n) is 4.34. The minimum atomic E-state index is -0.0158. The van der Waals surface area contributed by atoms with Crippen LogP contribution in [0.4, 0.5) is 0 Å². The zero-order valence-electron chi connectivity index (χ0n) is 13.8. The van der Waals surface area contributed by atoms with Crippen LogP contribution in [0, 0.1) is 5.92 Å². The Balaban J connectivity index is 0.00000208. The van der Waals surface area contributed by atoms with E-state index in [0.29, 0.717) is 0 Å². The second-order valence-electron chi connectivity index (χ2n) is 6.03. The van der Waals surface area contributed by atoms with Crippen molar-refractivity contribution in [3.8, 4) is 0 Å². The van der Waals surface area contributed by atoms with Crippen LogP contribution in [0.1, 0.15) is 15.9 Å². The van der Waals surface area contributed by atoms with Gasteiger partial charge < -0.3 is 4.74 Å². The summed E-state index contributed by atoms with van der Waals surface area (Å²) in [7, 11) is 0. The number of hydrogen-bond donors (Lipinski definition) is 0. The van der Waals surface area contributed by atoms with Gasteiger partial charge in [0, 0.05) is 31.1 Å². The quantitative estimate of drug-likeness (QED) is 0.751. The fraction of sp³-hybridized carbons (Fsp3) is 0.350. The summed E-state index contributed by atoms with van der Waals surface area (Å²) in [5.41, 5.74) is 2.02. The number of rotatable bonds is 6. The Hall–Kier alpha value is -1.68. The maximum Gasteiger partial charge on any atom is 0.167 e. The molecule has 1 aliphatic rings. The van der Waals surface area contributed by atoms with E-state index in [2.05, 4.69) is 17.0 Å². The van der Waals surface area contributed by atoms with Crippen LogP contribution in [0.5, 0.6) is 0 Å². The second-order valence-corrected chi connectivity index (χ2v) is 6.03. The molecule has 0 saturated carbocycles. The van der Waals surface area contributed by atoms with Gasteiger partial charge in [0.2, 0.25) is 0 Å². The van der Waals surface area contributed by atoms with Crippen molar-refractivity contribution in [2.24, 2.45) is 5.92 Å². The highest BCUT2D eigenvalue weighted by Crippen LogP contribution is 2.17. The molecule has 1 atom stereocenters. The number of nitrogens with zero attached hydrogens (tertiary/aromatic N) is 1. The van der Waals surface area contributed by atoms with Gasteiger partial charge in [-0.25, -0.2) is 0 Å². The van der Waals surface area contributed by atoms with Crippen LogP contribution in [0.3, 0.4) is 0 Å². The Kier molecular flexibility index (Phi) is 7.44. The van der Waals surface area contributed by atoms with Gasteiger partial charge in [0.25, 0.3) is 0 Å². The molecule has 128 valence electrons. The van der Waals surface area contributed by atoms with Gasteiger partial charge in [-0.1, -0.05) is 60.7 Å². The fourth-order valence-corrected chi connectivity index (χ4v) is 3.07. The number of carbonyl (C=O) groups is 1. The summed E-state index contributed by atoms with van der Waals surface area (Å²) in [6.45, 7) is 4.14. The van der Waals surface area contributed by atoms with Gasteiger partial charge in [-0.2, -0.15) is 0 Å². The van der Waals surface area contributed by atoms with E-state index >= 15 is 0 Å².